The first-order valence-corrected chi connectivity index (χ1v) is 8.48. The maximum atomic E-state index is 13.7. The minimum Gasteiger partial charge on any atom is -0.398 e. The van der Waals surface area contributed by atoms with Crippen molar-refractivity contribution in [3.8, 4) is 0 Å². The molecule has 1 fully saturated rings. The average Bonchev–Trinajstić information content (AvgIpc) is 2.37. The Morgan fingerprint density at radius 3 is 2.80 bits per heavy atom. The summed E-state index contributed by atoms with van der Waals surface area (Å²) in [5.41, 5.74) is 5.55. The Morgan fingerprint density at radius 2 is 2.15 bits per heavy atom. The fraction of sp³-hybridized carbons (Fsp3) is 0.571. The van der Waals surface area contributed by atoms with Gasteiger partial charge < -0.3 is 5.73 Å². The first-order chi connectivity index (χ1) is 9.44. The van der Waals surface area contributed by atoms with Crippen molar-refractivity contribution in [3.63, 3.8) is 0 Å². The summed E-state index contributed by atoms with van der Waals surface area (Å²) < 4.78 is 41.0. The molecule has 3 N–H and O–H groups in total. The Hall–Kier alpha value is -1.14. The lowest BCUT2D eigenvalue weighted by molar-refractivity contribution is 0.301. The fourth-order valence-corrected chi connectivity index (χ4v) is 4.33. The number of hydrogen-bond donors (Lipinski definition) is 2. The number of halogens is 1. The molecule has 1 aromatic rings. The van der Waals surface area contributed by atoms with Crippen LogP contribution in [0.25, 0.3) is 0 Å². The molecule has 0 heterocycles. The molecule has 0 bridgehead atoms. The quantitative estimate of drug-likeness (QED) is 0.840. The van der Waals surface area contributed by atoms with Crippen LogP contribution in [0.4, 0.5) is 10.1 Å². The van der Waals surface area contributed by atoms with E-state index in [2.05, 4.69) is 11.6 Å². The Balaban J connectivity index is 2.19. The summed E-state index contributed by atoms with van der Waals surface area (Å²) >= 11 is 0. The molecule has 2 rings (SSSR count). The van der Waals surface area contributed by atoms with E-state index < -0.39 is 20.7 Å². The Kier molecular flexibility index (Phi) is 4.65. The predicted octanol–water partition coefficient (Wildman–Crippen LogP) is 2.66. The number of hydrogen-bond acceptors (Lipinski definition) is 3. The predicted molar refractivity (Wildman–Crippen MR) is 77.2 cm³/mol. The second-order valence-electron chi connectivity index (χ2n) is 5.42. The van der Waals surface area contributed by atoms with Gasteiger partial charge in [-0.05, 0) is 30.9 Å². The molecule has 2 atom stereocenters. The maximum Gasteiger partial charge on any atom is 0.245 e. The van der Waals surface area contributed by atoms with Crippen molar-refractivity contribution in [2.75, 3.05) is 5.73 Å². The highest BCUT2D eigenvalue weighted by Gasteiger charge is 2.28. The molecule has 0 aromatic heterocycles. The van der Waals surface area contributed by atoms with E-state index in [-0.39, 0.29) is 11.7 Å². The molecule has 1 aliphatic carbocycles. The summed E-state index contributed by atoms with van der Waals surface area (Å²) in [6.07, 6.45) is 4.78. The van der Waals surface area contributed by atoms with Crippen molar-refractivity contribution in [1.29, 1.82) is 0 Å². The largest absolute Gasteiger partial charge is 0.398 e. The van der Waals surface area contributed by atoms with Crippen molar-refractivity contribution in [3.05, 3.63) is 24.0 Å². The SMILES string of the molecule is CCC1CCCC(NS(=O)(=O)c2c(N)cccc2F)C1. The van der Waals surface area contributed by atoms with Crippen LogP contribution in [0.3, 0.4) is 0 Å². The second-order valence-corrected chi connectivity index (χ2v) is 7.07. The van der Waals surface area contributed by atoms with Crippen molar-refractivity contribution >= 4 is 15.7 Å². The first-order valence-electron chi connectivity index (χ1n) is 7.00. The molecule has 0 aliphatic heterocycles. The van der Waals surface area contributed by atoms with E-state index in [1.165, 1.54) is 12.1 Å². The Morgan fingerprint density at radius 1 is 1.40 bits per heavy atom. The Labute approximate surface area is 119 Å². The summed E-state index contributed by atoms with van der Waals surface area (Å²) in [5.74, 6) is -0.269. The third kappa shape index (κ3) is 3.30. The molecular weight excluding hydrogens is 279 g/mol. The summed E-state index contributed by atoms with van der Waals surface area (Å²) in [6.45, 7) is 2.11. The van der Waals surface area contributed by atoms with Crippen molar-refractivity contribution in [2.24, 2.45) is 5.92 Å². The summed E-state index contributed by atoms with van der Waals surface area (Å²) in [5, 5.41) is 0. The minimum absolute atomic E-state index is 0.0552. The molecular formula is C14H21FN2O2S. The van der Waals surface area contributed by atoms with E-state index >= 15 is 0 Å². The van der Waals surface area contributed by atoms with Crippen LogP contribution in [0.1, 0.15) is 39.0 Å². The molecule has 0 saturated heterocycles. The number of sulfonamides is 1. The molecule has 6 heteroatoms. The average molecular weight is 300 g/mol. The van der Waals surface area contributed by atoms with E-state index in [0.29, 0.717) is 5.92 Å². The van der Waals surface area contributed by atoms with Gasteiger partial charge in [0, 0.05) is 6.04 Å². The maximum absolute atomic E-state index is 13.7. The zero-order chi connectivity index (χ0) is 14.8. The summed E-state index contributed by atoms with van der Waals surface area (Å²) in [7, 11) is -3.90. The van der Waals surface area contributed by atoms with Gasteiger partial charge in [-0.2, -0.15) is 0 Å². The van der Waals surface area contributed by atoms with Crippen LogP contribution in [0, 0.1) is 11.7 Å². The Bertz CT molecular complexity index is 554. The number of nitrogen functional groups attached to an aromatic ring is 1. The smallest absolute Gasteiger partial charge is 0.245 e. The van der Waals surface area contributed by atoms with Crippen LogP contribution in [0.2, 0.25) is 0 Å². The molecule has 0 spiro atoms. The van der Waals surface area contributed by atoms with Gasteiger partial charge in [0.2, 0.25) is 10.0 Å². The van der Waals surface area contributed by atoms with Gasteiger partial charge in [-0.15, -0.1) is 0 Å². The number of anilines is 1. The zero-order valence-corrected chi connectivity index (χ0v) is 12.4. The standard InChI is InChI=1S/C14H21FN2O2S/c1-2-10-5-3-6-11(9-10)17-20(18,19)14-12(15)7-4-8-13(14)16/h4,7-8,10-11,17H,2-3,5-6,9,16H2,1H3. The molecule has 112 valence electrons. The first kappa shape index (κ1) is 15.3. The molecule has 20 heavy (non-hydrogen) atoms. The van der Waals surface area contributed by atoms with Gasteiger partial charge in [-0.25, -0.2) is 17.5 Å². The number of rotatable bonds is 4. The topological polar surface area (TPSA) is 72.2 Å². The van der Waals surface area contributed by atoms with E-state index in [0.717, 1.165) is 38.2 Å². The molecule has 1 aliphatic rings. The van der Waals surface area contributed by atoms with Gasteiger partial charge in [-0.1, -0.05) is 32.3 Å². The molecule has 0 radical (unpaired) electrons. The van der Waals surface area contributed by atoms with Crippen molar-refractivity contribution < 1.29 is 12.8 Å². The van der Waals surface area contributed by atoms with Crippen LogP contribution in [0.5, 0.6) is 0 Å². The van der Waals surface area contributed by atoms with E-state index in [1.54, 1.807) is 0 Å². The van der Waals surface area contributed by atoms with Gasteiger partial charge in [0.1, 0.15) is 10.7 Å². The van der Waals surface area contributed by atoms with Crippen LogP contribution in [0.15, 0.2) is 23.1 Å². The lowest BCUT2D eigenvalue weighted by atomic mass is 9.85. The third-order valence-electron chi connectivity index (χ3n) is 3.95. The lowest BCUT2D eigenvalue weighted by Gasteiger charge is -2.29. The second kappa shape index (κ2) is 6.10. The fourth-order valence-electron chi connectivity index (χ4n) is 2.86. The highest BCUT2D eigenvalue weighted by atomic mass is 32.2. The summed E-state index contributed by atoms with van der Waals surface area (Å²) in [4.78, 5) is -0.432. The monoisotopic (exact) mass is 300 g/mol. The zero-order valence-electron chi connectivity index (χ0n) is 11.6. The molecule has 4 nitrogen and oxygen atoms in total. The number of nitrogens with one attached hydrogen (secondary N) is 1. The van der Waals surface area contributed by atoms with Gasteiger partial charge >= 0.3 is 0 Å². The molecule has 0 amide bonds. The summed E-state index contributed by atoms with van der Waals surface area (Å²) in [6, 6.07) is 3.78. The van der Waals surface area contributed by atoms with Crippen LogP contribution in [-0.2, 0) is 10.0 Å². The third-order valence-corrected chi connectivity index (χ3v) is 5.56. The van der Waals surface area contributed by atoms with Gasteiger partial charge in [-0.3, -0.25) is 0 Å². The van der Waals surface area contributed by atoms with Gasteiger partial charge in [0.25, 0.3) is 0 Å². The highest BCUT2D eigenvalue weighted by Crippen LogP contribution is 2.29. The highest BCUT2D eigenvalue weighted by molar-refractivity contribution is 7.89. The molecule has 1 aromatic carbocycles. The van der Waals surface area contributed by atoms with Gasteiger partial charge in [0.15, 0.2) is 0 Å². The van der Waals surface area contributed by atoms with E-state index in [9.17, 15) is 12.8 Å². The van der Waals surface area contributed by atoms with Gasteiger partial charge in [0.05, 0.1) is 5.69 Å². The van der Waals surface area contributed by atoms with Crippen molar-refractivity contribution in [1.82, 2.24) is 4.72 Å². The number of nitrogens with two attached hydrogens (primary N) is 1. The van der Waals surface area contributed by atoms with E-state index in [4.69, 9.17) is 5.73 Å². The number of benzene rings is 1. The van der Waals surface area contributed by atoms with Crippen LogP contribution >= 0.6 is 0 Å². The van der Waals surface area contributed by atoms with Crippen molar-refractivity contribution in [2.45, 2.75) is 50.0 Å². The lowest BCUT2D eigenvalue weighted by Crippen LogP contribution is -2.38. The molecule has 1 saturated carbocycles. The minimum atomic E-state index is -3.90. The molecule has 2 unspecified atom stereocenters. The normalized spacial score (nSPS) is 23.7. The van der Waals surface area contributed by atoms with E-state index in [1.807, 2.05) is 0 Å². The van der Waals surface area contributed by atoms with Crippen LogP contribution in [-0.4, -0.2) is 14.5 Å². The van der Waals surface area contributed by atoms with Crippen LogP contribution < -0.4 is 10.5 Å².